The average Bonchev–Trinajstić information content (AvgIpc) is 3.43. The highest BCUT2D eigenvalue weighted by Crippen LogP contribution is 2.49. The number of aliphatic hydroxyl groups excluding tert-OH is 2. The second kappa shape index (κ2) is 11.7. The molecule has 1 saturated heterocycles. The zero-order valence-electron chi connectivity index (χ0n) is 21.6. The molecule has 3 heterocycles. The van der Waals surface area contributed by atoms with E-state index in [-0.39, 0.29) is 22.7 Å². The van der Waals surface area contributed by atoms with Gasteiger partial charge in [-0.1, -0.05) is 18.2 Å². The van der Waals surface area contributed by atoms with Crippen LogP contribution in [0.15, 0.2) is 43.0 Å². The monoisotopic (exact) mass is 586 g/mol. The van der Waals surface area contributed by atoms with Gasteiger partial charge in [-0.15, -0.1) is 0 Å². The molecule has 1 fully saturated rings. The molecule has 0 amide bonds. The number of aromatic nitrogens is 4. The van der Waals surface area contributed by atoms with Gasteiger partial charge < -0.3 is 29.9 Å². The molecule has 5 N–H and O–H groups in total. The van der Waals surface area contributed by atoms with Gasteiger partial charge in [0, 0.05) is 0 Å². The van der Waals surface area contributed by atoms with Crippen LogP contribution in [0.2, 0.25) is 0 Å². The lowest BCUT2D eigenvalue weighted by molar-refractivity contribution is -0.191. The first kappa shape index (κ1) is 29.7. The number of carbonyl (C=O) groups is 1. The number of aliphatic hydroxyl groups is 2. The fourth-order valence-electron chi connectivity index (χ4n) is 3.97. The number of carbonyl (C=O) groups excluding carboxylic acids is 1. The summed E-state index contributed by atoms with van der Waals surface area (Å²) in [5.41, 5.74) is 3.05. The van der Waals surface area contributed by atoms with Gasteiger partial charge in [0.15, 0.2) is 23.3 Å². The Labute approximate surface area is 227 Å². The number of anilines is 1. The summed E-state index contributed by atoms with van der Waals surface area (Å²) in [6.45, 7) is 3.30. The quantitative estimate of drug-likeness (QED) is 0.188. The van der Waals surface area contributed by atoms with Gasteiger partial charge in [0.1, 0.15) is 35.8 Å². The fourth-order valence-corrected chi connectivity index (χ4v) is 5.50. The molecule has 1 aliphatic rings. The SMILES string of the molecule is CC(C)OC(=O)[C@H](C)NP(=O)(OC[C@@]1(C(F)F)O[C@@H](n2cnc3c(N)ncnc32)[C@H](O)[C@@H]1O)Oc1ccccc1. The van der Waals surface area contributed by atoms with Crippen molar-refractivity contribution in [1.29, 1.82) is 0 Å². The van der Waals surface area contributed by atoms with Crippen molar-refractivity contribution in [3.05, 3.63) is 43.0 Å². The predicted octanol–water partition coefficient (Wildman–Crippen LogP) is 1.80. The van der Waals surface area contributed by atoms with Gasteiger partial charge in [-0.3, -0.25) is 13.9 Å². The molecule has 2 aromatic heterocycles. The number of halogens is 2. The van der Waals surface area contributed by atoms with Crippen LogP contribution in [0.25, 0.3) is 11.2 Å². The minimum absolute atomic E-state index is 0.00423. The van der Waals surface area contributed by atoms with Gasteiger partial charge in [0.2, 0.25) is 0 Å². The van der Waals surface area contributed by atoms with Gasteiger partial charge >= 0.3 is 13.7 Å². The normalized spacial score (nSPS) is 25.3. The summed E-state index contributed by atoms with van der Waals surface area (Å²) in [7, 11) is -4.61. The number of hydrogen-bond acceptors (Lipinski definition) is 12. The minimum Gasteiger partial charge on any atom is -0.462 e. The Hall–Kier alpha value is -3.27. The standard InChI is InChI=1S/C23H29F2N6O8P/c1-12(2)37-21(34)13(3)30-40(35,39-14-7-5-4-6-8-14)36-9-23(22(24)25)17(33)16(32)20(38-23)31-11-29-15-18(26)27-10-28-19(15)31/h4-8,10-13,16-17,20,22,32-33H,9H2,1-3H3,(H,30,35)(H2,26,27,28)/t13-,16+,17-,20+,23+,40?/m0/s1. The molecule has 0 aliphatic carbocycles. The molecule has 4 rings (SSSR count). The first-order valence-corrected chi connectivity index (χ1v) is 13.6. The maximum absolute atomic E-state index is 14.6. The Morgan fingerprint density at radius 3 is 2.58 bits per heavy atom. The first-order chi connectivity index (χ1) is 18.9. The fraction of sp³-hybridized carbons (Fsp3) is 0.478. The van der Waals surface area contributed by atoms with Crippen molar-refractivity contribution < 1.29 is 46.9 Å². The van der Waals surface area contributed by atoms with Crippen molar-refractivity contribution in [2.75, 3.05) is 12.3 Å². The number of para-hydroxylation sites is 1. The second-order valence-electron chi connectivity index (χ2n) is 9.29. The summed E-state index contributed by atoms with van der Waals surface area (Å²) in [5, 5.41) is 23.9. The number of hydrogen-bond donors (Lipinski definition) is 4. The van der Waals surface area contributed by atoms with Gasteiger partial charge in [0.05, 0.1) is 19.0 Å². The van der Waals surface area contributed by atoms with E-state index in [4.69, 9.17) is 24.3 Å². The van der Waals surface area contributed by atoms with Crippen LogP contribution in [0, 0.1) is 0 Å². The van der Waals surface area contributed by atoms with Crippen LogP contribution in [0.5, 0.6) is 5.75 Å². The Morgan fingerprint density at radius 2 is 1.93 bits per heavy atom. The van der Waals surface area contributed by atoms with E-state index < -0.39 is 62.9 Å². The molecular formula is C23H29F2N6O8P. The molecule has 218 valence electrons. The van der Waals surface area contributed by atoms with Crippen LogP contribution in [0.1, 0.15) is 27.0 Å². The van der Waals surface area contributed by atoms with Crippen molar-refractivity contribution in [3.63, 3.8) is 0 Å². The highest BCUT2D eigenvalue weighted by atomic mass is 31.2. The van der Waals surface area contributed by atoms with Crippen LogP contribution in [-0.2, 0) is 23.4 Å². The molecule has 6 atom stereocenters. The van der Waals surface area contributed by atoms with Crippen molar-refractivity contribution in [3.8, 4) is 5.75 Å². The number of nitrogen functional groups attached to an aromatic ring is 1. The van der Waals surface area contributed by atoms with Crippen LogP contribution in [0.4, 0.5) is 14.6 Å². The van der Waals surface area contributed by atoms with Crippen molar-refractivity contribution >= 4 is 30.7 Å². The number of fused-ring (bicyclic) bond motifs is 1. The summed E-state index contributed by atoms with van der Waals surface area (Å²) in [6.07, 6.45) is -7.48. The van der Waals surface area contributed by atoms with E-state index in [0.29, 0.717) is 0 Å². The third-order valence-electron chi connectivity index (χ3n) is 5.97. The topological polar surface area (TPSA) is 193 Å². The largest absolute Gasteiger partial charge is 0.462 e. The molecule has 0 saturated carbocycles. The highest BCUT2D eigenvalue weighted by Gasteiger charge is 2.61. The first-order valence-electron chi connectivity index (χ1n) is 12.1. The maximum atomic E-state index is 14.6. The van der Waals surface area contributed by atoms with Crippen LogP contribution >= 0.6 is 7.75 Å². The summed E-state index contributed by atoms with van der Waals surface area (Å²) < 4.78 is 65.5. The number of ether oxygens (including phenoxy) is 2. The molecule has 0 bridgehead atoms. The molecule has 1 aromatic carbocycles. The zero-order chi connectivity index (χ0) is 29.2. The molecule has 40 heavy (non-hydrogen) atoms. The molecular weight excluding hydrogens is 557 g/mol. The van der Waals surface area contributed by atoms with Crippen molar-refractivity contribution in [2.45, 2.75) is 63.4 Å². The number of nitrogens with one attached hydrogen (secondary N) is 1. The smallest absolute Gasteiger partial charge is 0.459 e. The van der Waals surface area contributed by atoms with Crippen molar-refractivity contribution in [1.82, 2.24) is 24.6 Å². The van der Waals surface area contributed by atoms with E-state index in [1.165, 1.54) is 19.1 Å². The maximum Gasteiger partial charge on any atom is 0.459 e. The lowest BCUT2D eigenvalue weighted by Crippen LogP contribution is -2.53. The van der Waals surface area contributed by atoms with Crippen LogP contribution in [-0.4, -0.2) is 78.7 Å². The molecule has 0 radical (unpaired) electrons. The molecule has 17 heteroatoms. The molecule has 1 aliphatic heterocycles. The lowest BCUT2D eigenvalue weighted by Gasteiger charge is -2.32. The van der Waals surface area contributed by atoms with E-state index in [0.717, 1.165) is 17.2 Å². The Morgan fingerprint density at radius 1 is 1.23 bits per heavy atom. The predicted molar refractivity (Wildman–Crippen MR) is 135 cm³/mol. The lowest BCUT2D eigenvalue weighted by atomic mass is 9.96. The van der Waals surface area contributed by atoms with Gasteiger partial charge in [-0.25, -0.2) is 28.3 Å². The number of esters is 1. The van der Waals surface area contributed by atoms with E-state index in [2.05, 4.69) is 20.0 Å². The van der Waals surface area contributed by atoms with E-state index in [9.17, 15) is 28.4 Å². The Bertz CT molecular complexity index is 1380. The van der Waals surface area contributed by atoms with Crippen LogP contribution in [0.3, 0.4) is 0 Å². The number of nitrogens with zero attached hydrogens (tertiary/aromatic N) is 4. The van der Waals surface area contributed by atoms with Gasteiger partial charge in [-0.05, 0) is 32.9 Å². The highest BCUT2D eigenvalue weighted by molar-refractivity contribution is 7.52. The average molecular weight is 586 g/mol. The Kier molecular flexibility index (Phi) is 8.68. The van der Waals surface area contributed by atoms with E-state index in [1.54, 1.807) is 32.0 Å². The molecule has 0 spiro atoms. The van der Waals surface area contributed by atoms with Crippen molar-refractivity contribution in [2.24, 2.45) is 0 Å². The third-order valence-corrected chi connectivity index (χ3v) is 7.60. The molecule has 1 unspecified atom stereocenters. The molecule has 3 aromatic rings. The van der Waals surface area contributed by atoms with E-state index in [1.807, 2.05) is 0 Å². The number of nitrogens with two attached hydrogens (primary N) is 1. The zero-order valence-corrected chi connectivity index (χ0v) is 22.5. The van der Waals surface area contributed by atoms with Crippen LogP contribution < -0.4 is 15.3 Å². The number of benzene rings is 1. The molecule has 14 nitrogen and oxygen atoms in total. The summed E-state index contributed by atoms with van der Waals surface area (Å²) in [6, 6.07) is 6.38. The Balaban J connectivity index is 1.62. The second-order valence-corrected chi connectivity index (χ2v) is 11.0. The summed E-state index contributed by atoms with van der Waals surface area (Å²) in [4.78, 5) is 24.2. The van der Waals surface area contributed by atoms with Gasteiger partial charge in [-0.2, -0.15) is 5.09 Å². The number of rotatable bonds is 11. The number of alkyl halides is 2. The third kappa shape index (κ3) is 5.92. The van der Waals surface area contributed by atoms with E-state index >= 15 is 0 Å². The summed E-state index contributed by atoms with van der Waals surface area (Å²) in [5.74, 6) is -0.780. The minimum atomic E-state index is -4.61. The van der Waals surface area contributed by atoms with Gasteiger partial charge in [0.25, 0.3) is 6.43 Å². The number of imidazole rings is 1. The summed E-state index contributed by atoms with van der Waals surface area (Å²) >= 11 is 0.